The molecule has 0 atom stereocenters. The SMILES string of the molecule is CN=c1scc(-c2ccccc2)n1/N=C/c1ccsc1. The molecule has 0 saturated carbocycles. The molecule has 0 radical (unpaired) electrons. The van der Waals surface area contributed by atoms with E-state index in [1.54, 1.807) is 29.7 Å². The summed E-state index contributed by atoms with van der Waals surface area (Å²) >= 11 is 3.26. The molecular weight excluding hydrogens is 286 g/mol. The summed E-state index contributed by atoms with van der Waals surface area (Å²) < 4.78 is 1.89. The van der Waals surface area contributed by atoms with Gasteiger partial charge in [-0.3, -0.25) is 4.99 Å². The van der Waals surface area contributed by atoms with Crippen molar-refractivity contribution in [3.8, 4) is 11.3 Å². The van der Waals surface area contributed by atoms with Crippen LogP contribution in [0.3, 0.4) is 0 Å². The Morgan fingerprint density at radius 3 is 2.65 bits per heavy atom. The first kappa shape index (κ1) is 13.0. The van der Waals surface area contributed by atoms with Gasteiger partial charge in [-0.25, -0.2) is 4.68 Å². The van der Waals surface area contributed by atoms with Crippen molar-refractivity contribution >= 4 is 28.9 Å². The van der Waals surface area contributed by atoms with Crippen molar-refractivity contribution in [1.82, 2.24) is 4.68 Å². The molecule has 0 saturated heterocycles. The van der Waals surface area contributed by atoms with Crippen LogP contribution in [0.25, 0.3) is 11.3 Å². The standard InChI is InChI=1S/C15H13N3S2/c1-16-15-18(17-9-12-7-8-19-10-12)14(11-20-15)13-5-3-2-4-6-13/h2-11H,1H3/b16-15?,17-9+. The van der Waals surface area contributed by atoms with Gasteiger partial charge in [-0.15, -0.1) is 11.3 Å². The zero-order valence-corrected chi connectivity index (χ0v) is 12.6. The molecule has 0 amide bonds. The largest absolute Gasteiger partial charge is 0.261 e. The Bertz CT molecular complexity index is 765. The van der Waals surface area contributed by atoms with Gasteiger partial charge < -0.3 is 0 Å². The molecule has 0 fully saturated rings. The molecule has 3 nitrogen and oxygen atoms in total. The lowest BCUT2D eigenvalue weighted by molar-refractivity contribution is 0.848. The Kier molecular flexibility index (Phi) is 3.90. The maximum atomic E-state index is 4.57. The highest BCUT2D eigenvalue weighted by atomic mass is 32.1. The van der Waals surface area contributed by atoms with E-state index in [4.69, 9.17) is 0 Å². The van der Waals surface area contributed by atoms with E-state index < -0.39 is 0 Å². The number of aromatic nitrogens is 1. The Balaban J connectivity index is 2.07. The van der Waals surface area contributed by atoms with Crippen molar-refractivity contribution < 1.29 is 0 Å². The number of hydrogen-bond donors (Lipinski definition) is 0. The van der Waals surface area contributed by atoms with Gasteiger partial charge in [-0.05, 0) is 16.8 Å². The molecule has 1 aromatic carbocycles. The monoisotopic (exact) mass is 299 g/mol. The van der Waals surface area contributed by atoms with Crippen LogP contribution >= 0.6 is 22.7 Å². The van der Waals surface area contributed by atoms with Gasteiger partial charge in [-0.1, -0.05) is 30.3 Å². The minimum absolute atomic E-state index is 0.885. The summed E-state index contributed by atoms with van der Waals surface area (Å²) in [6, 6.07) is 12.3. The molecule has 100 valence electrons. The molecule has 0 unspecified atom stereocenters. The van der Waals surface area contributed by atoms with Gasteiger partial charge >= 0.3 is 0 Å². The highest BCUT2D eigenvalue weighted by Crippen LogP contribution is 2.19. The maximum absolute atomic E-state index is 4.57. The average Bonchev–Trinajstić information content (AvgIpc) is 3.15. The summed E-state index contributed by atoms with van der Waals surface area (Å²) in [4.78, 5) is 5.17. The fourth-order valence-electron chi connectivity index (χ4n) is 1.84. The summed E-state index contributed by atoms with van der Waals surface area (Å²) in [5, 5.41) is 10.8. The molecule has 0 spiro atoms. The molecule has 0 aliphatic carbocycles. The lowest BCUT2D eigenvalue weighted by Crippen LogP contribution is -2.11. The number of thiazole rings is 1. The van der Waals surface area contributed by atoms with E-state index in [9.17, 15) is 0 Å². The number of nitrogens with zero attached hydrogens (tertiary/aromatic N) is 3. The van der Waals surface area contributed by atoms with Crippen LogP contribution in [0.2, 0.25) is 0 Å². The molecular formula is C15H13N3S2. The van der Waals surface area contributed by atoms with E-state index in [0.717, 1.165) is 21.6 Å². The van der Waals surface area contributed by atoms with Crippen molar-refractivity contribution in [3.05, 3.63) is 62.9 Å². The van der Waals surface area contributed by atoms with Crippen molar-refractivity contribution in [1.29, 1.82) is 0 Å². The third kappa shape index (κ3) is 2.64. The lowest BCUT2D eigenvalue weighted by atomic mass is 10.2. The van der Waals surface area contributed by atoms with Crippen molar-refractivity contribution in [2.75, 3.05) is 7.05 Å². The van der Waals surface area contributed by atoms with Crippen LogP contribution in [0.5, 0.6) is 0 Å². The number of hydrogen-bond acceptors (Lipinski definition) is 4. The molecule has 2 aromatic heterocycles. The molecule has 0 aliphatic heterocycles. The van der Waals surface area contributed by atoms with Crippen molar-refractivity contribution in [3.63, 3.8) is 0 Å². The van der Waals surface area contributed by atoms with Crippen LogP contribution in [0.15, 0.2) is 62.6 Å². The molecule has 5 heteroatoms. The number of benzene rings is 1. The van der Waals surface area contributed by atoms with Gasteiger partial charge in [0.05, 0.1) is 11.9 Å². The van der Waals surface area contributed by atoms with Gasteiger partial charge in [0, 0.05) is 23.6 Å². The van der Waals surface area contributed by atoms with Crippen LogP contribution in [0, 0.1) is 0 Å². The summed E-state index contributed by atoms with van der Waals surface area (Å²) in [6.07, 6.45) is 1.87. The van der Waals surface area contributed by atoms with Crippen LogP contribution < -0.4 is 4.80 Å². The second-order valence-corrected chi connectivity index (χ2v) is 5.72. The second-order valence-electron chi connectivity index (χ2n) is 4.11. The Labute approximate surface area is 125 Å². The van der Waals surface area contributed by atoms with E-state index in [-0.39, 0.29) is 0 Å². The molecule has 0 bridgehead atoms. The van der Waals surface area contributed by atoms with Crippen molar-refractivity contribution in [2.24, 2.45) is 10.1 Å². The Morgan fingerprint density at radius 2 is 1.95 bits per heavy atom. The molecule has 0 N–H and O–H groups in total. The fourth-order valence-corrected chi connectivity index (χ4v) is 3.26. The van der Waals surface area contributed by atoms with Crippen LogP contribution in [0.4, 0.5) is 0 Å². The highest BCUT2D eigenvalue weighted by Gasteiger charge is 2.06. The smallest absolute Gasteiger partial charge is 0.205 e. The Morgan fingerprint density at radius 1 is 1.10 bits per heavy atom. The lowest BCUT2D eigenvalue weighted by Gasteiger charge is -2.02. The van der Waals surface area contributed by atoms with Gasteiger partial charge in [0.15, 0.2) is 0 Å². The zero-order chi connectivity index (χ0) is 13.8. The molecule has 3 aromatic rings. The summed E-state index contributed by atoms with van der Waals surface area (Å²) in [5.74, 6) is 0. The predicted octanol–water partition coefficient (Wildman–Crippen LogP) is 3.69. The van der Waals surface area contributed by atoms with E-state index in [0.29, 0.717) is 0 Å². The second kappa shape index (κ2) is 5.98. The molecule has 20 heavy (non-hydrogen) atoms. The van der Waals surface area contributed by atoms with Crippen LogP contribution in [-0.4, -0.2) is 17.9 Å². The summed E-state index contributed by atoms with van der Waals surface area (Å²) in [6.45, 7) is 0. The highest BCUT2D eigenvalue weighted by molar-refractivity contribution is 7.08. The maximum Gasteiger partial charge on any atom is 0.205 e. The first-order chi connectivity index (χ1) is 9.88. The van der Waals surface area contributed by atoms with Crippen LogP contribution in [-0.2, 0) is 0 Å². The topological polar surface area (TPSA) is 29.6 Å². The van der Waals surface area contributed by atoms with Gasteiger partial charge in [0.25, 0.3) is 0 Å². The van der Waals surface area contributed by atoms with E-state index in [2.05, 4.69) is 33.0 Å². The van der Waals surface area contributed by atoms with E-state index >= 15 is 0 Å². The third-order valence-electron chi connectivity index (χ3n) is 2.81. The zero-order valence-electron chi connectivity index (χ0n) is 10.9. The van der Waals surface area contributed by atoms with Gasteiger partial charge in [0.1, 0.15) is 0 Å². The normalized spacial score (nSPS) is 12.3. The first-order valence-corrected chi connectivity index (χ1v) is 7.96. The van der Waals surface area contributed by atoms with Crippen LogP contribution in [0.1, 0.15) is 5.56 Å². The number of thiophene rings is 1. The minimum Gasteiger partial charge on any atom is -0.261 e. The predicted molar refractivity (Wildman–Crippen MR) is 86.5 cm³/mol. The minimum atomic E-state index is 0.885. The quantitative estimate of drug-likeness (QED) is 0.660. The molecule has 0 aliphatic rings. The molecule has 2 heterocycles. The number of rotatable bonds is 3. The first-order valence-electron chi connectivity index (χ1n) is 6.14. The van der Waals surface area contributed by atoms with Gasteiger partial charge in [-0.2, -0.15) is 16.4 Å². The van der Waals surface area contributed by atoms with Crippen molar-refractivity contribution in [2.45, 2.75) is 0 Å². The van der Waals surface area contributed by atoms with Gasteiger partial charge in [0.2, 0.25) is 4.80 Å². The van der Waals surface area contributed by atoms with E-state index in [1.165, 1.54) is 0 Å². The third-order valence-corrected chi connectivity index (χ3v) is 4.42. The fraction of sp³-hybridized carbons (Fsp3) is 0.0667. The van der Waals surface area contributed by atoms with E-state index in [1.807, 2.05) is 40.5 Å². The average molecular weight is 299 g/mol. The summed E-state index contributed by atoms with van der Waals surface area (Å²) in [7, 11) is 1.79. The molecule has 3 rings (SSSR count). The summed E-state index contributed by atoms with van der Waals surface area (Å²) in [5.41, 5.74) is 3.30. The Hall–Kier alpha value is -1.98.